The van der Waals surface area contributed by atoms with Crippen LogP contribution in [0.15, 0.2) is 12.1 Å². The minimum Gasteiger partial charge on any atom is -0.545 e. The minimum absolute atomic E-state index is 0.525. The van der Waals surface area contributed by atoms with Gasteiger partial charge in [-0.15, -0.1) is 0 Å². The van der Waals surface area contributed by atoms with E-state index in [0.717, 1.165) is 0 Å². The van der Waals surface area contributed by atoms with Crippen LogP contribution in [0.4, 0.5) is 13.2 Å². The Kier molecular flexibility index (Phi) is 2.66. The third-order valence-corrected chi connectivity index (χ3v) is 1.65. The predicted octanol–water partition coefficient (Wildman–Crippen LogP) is 1.12. The Morgan fingerprint density at radius 2 is 2.00 bits per heavy atom. The maximum Gasteiger partial charge on any atom is 0.433 e. The third kappa shape index (κ3) is 2.14. The smallest absolute Gasteiger partial charge is 0.433 e. The number of hydrogen-bond donors (Lipinski definition) is 0. The summed E-state index contributed by atoms with van der Waals surface area (Å²) >= 11 is 5.20. The number of carbonyl (C=O) groups is 1. The normalized spacial score (nSPS) is 11.4. The van der Waals surface area contributed by atoms with Gasteiger partial charge in [-0.05, 0) is 12.1 Å². The van der Waals surface area contributed by atoms with Crippen molar-refractivity contribution in [2.24, 2.45) is 0 Å². The standard InChI is InChI=1S/C7H3ClF3NO2/c8-5-3(6(13)14)1-2-4(12-5)7(9,10)11/h1-2H,(H,13,14)/p-1. The number of aromatic carboxylic acids is 1. The van der Waals surface area contributed by atoms with Gasteiger partial charge < -0.3 is 9.90 Å². The first-order chi connectivity index (χ1) is 6.32. The minimum atomic E-state index is -4.64. The lowest BCUT2D eigenvalue weighted by molar-refractivity contribution is -0.255. The zero-order chi connectivity index (χ0) is 10.9. The molecule has 1 heterocycles. The van der Waals surface area contributed by atoms with Crippen LogP contribution in [0.2, 0.25) is 5.15 Å². The van der Waals surface area contributed by atoms with E-state index in [1.54, 1.807) is 0 Å². The Morgan fingerprint density at radius 1 is 1.43 bits per heavy atom. The Balaban J connectivity index is 3.20. The number of carbonyl (C=O) groups excluding carboxylic acids is 1. The maximum atomic E-state index is 12.0. The number of nitrogens with zero attached hydrogens (tertiary/aromatic N) is 1. The lowest BCUT2D eigenvalue weighted by Gasteiger charge is -2.08. The van der Waals surface area contributed by atoms with Gasteiger partial charge in [-0.25, -0.2) is 4.98 Å². The second-order valence-electron chi connectivity index (χ2n) is 2.32. The Bertz CT molecular complexity index is 378. The van der Waals surface area contributed by atoms with Crippen molar-refractivity contribution < 1.29 is 23.1 Å². The van der Waals surface area contributed by atoms with Gasteiger partial charge in [0, 0.05) is 5.56 Å². The summed E-state index contributed by atoms with van der Waals surface area (Å²) in [5.41, 5.74) is -1.81. The van der Waals surface area contributed by atoms with Crippen LogP contribution in [0.25, 0.3) is 0 Å². The van der Waals surface area contributed by atoms with E-state index in [4.69, 9.17) is 11.6 Å². The zero-order valence-electron chi connectivity index (χ0n) is 6.43. The molecule has 0 saturated carbocycles. The Morgan fingerprint density at radius 3 is 2.36 bits per heavy atom. The number of alkyl halides is 3. The van der Waals surface area contributed by atoms with Crippen LogP contribution >= 0.6 is 11.6 Å². The second kappa shape index (κ2) is 3.45. The van der Waals surface area contributed by atoms with Crippen LogP contribution in [-0.2, 0) is 6.18 Å². The fourth-order valence-corrected chi connectivity index (χ4v) is 0.976. The number of pyridine rings is 1. The van der Waals surface area contributed by atoms with Gasteiger partial charge in [0.2, 0.25) is 0 Å². The van der Waals surface area contributed by atoms with Gasteiger partial charge in [0.1, 0.15) is 10.8 Å². The molecule has 0 fully saturated rings. The fourth-order valence-electron chi connectivity index (χ4n) is 0.744. The van der Waals surface area contributed by atoms with Gasteiger partial charge in [0.25, 0.3) is 0 Å². The molecule has 1 aromatic heterocycles. The molecule has 1 rings (SSSR count). The number of carboxylic acid groups (broad SMARTS) is 1. The van der Waals surface area contributed by atoms with Gasteiger partial charge in [-0.3, -0.25) is 0 Å². The largest absolute Gasteiger partial charge is 0.545 e. The van der Waals surface area contributed by atoms with E-state index in [1.165, 1.54) is 0 Å². The van der Waals surface area contributed by atoms with E-state index in [-0.39, 0.29) is 0 Å². The first kappa shape index (κ1) is 10.8. The van der Waals surface area contributed by atoms with Crippen molar-refractivity contribution in [3.8, 4) is 0 Å². The van der Waals surface area contributed by atoms with Crippen molar-refractivity contribution in [2.75, 3.05) is 0 Å². The third-order valence-electron chi connectivity index (χ3n) is 1.36. The van der Waals surface area contributed by atoms with Crippen LogP contribution < -0.4 is 5.11 Å². The van der Waals surface area contributed by atoms with Crippen molar-refractivity contribution in [1.82, 2.24) is 4.98 Å². The van der Waals surface area contributed by atoms with E-state index in [2.05, 4.69) is 4.98 Å². The van der Waals surface area contributed by atoms with Gasteiger partial charge in [0.15, 0.2) is 0 Å². The molecule has 0 amide bonds. The fraction of sp³-hybridized carbons (Fsp3) is 0.143. The van der Waals surface area contributed by atoms with Crippen molar-refractivity contribution in [1.29, 1.82) is 0 Å². The molecule has 0 atom stereocenters. The molecule has 0 N–H and O–H groups in total. The summed E-state index contributed by atoms with van der Waals surface area (Å²) in [6, 6.07) is 1.23. The molecular formula is C7H2ClF3NO2-. The molecule has 0 aromatic carbocycles. The zero-order valence-corrected chi connectivity index (χ0v) is 7.19. The van der Waals surface area contributed by atoms with E-state index < -0.39 is 28.6 Å². The highest BCUT2D eigenvalue weighted by molar-refractivity contribution is 6.32. The lowest BCUT2D eigenvalue weighted by Crippen LogP contribution is -2.23. The molecule has 1 aromatic rings. The maximum absolute atomic E-state index is 12.0. The molecule has 0 radical (unpaired) electrons. The molecular weight excluding hydrogens is 223 g/mol. The monoisotopic (exact) mass is 224 g/mol. The van der Waals surface area contributed by atoms with E-state index in [1.807, 2.05) is 0 Å². The first-order valence-electron chi connectivity index (χ1n) is 3.27. The molecule has 0 spiro atoms. The molecule has 0 bridgehead atoms. The average molecular weight is 225 g/mol. The summed E-state index contributed by atoms with van der Waals surface area (Å²) in [5, 5.41) is 9.53. The number of aromatic nitrogens is 1. The highest BCUT2D eigenvalue weighted by atomic mass is 35.5. The number of halogens is 4. The van der Waals surface area contributed by atoms with Gasteiger partial charge in [-0.1, -0.05) is 11.6 Å². The van der Waals surface area contributed by atoms with Crippen LogP contribution in [0, 0.1) is 0 Å². The highest BCUT2D eigenvalue weighted by Gasteiger charge is 2.32. The quantitative estimate of drug-likeness (QED) is 0.672. The van der Waals surface area contributed by atoms with Crippen LogP contribution in [0.5, 0.6) is 0 Å². The van der Waals surface area contributed by atoms with E-state index in [0.29, 0.717) is 12.1 Å². The van der Waals surface area contributed by atoms with Gasteiger partial charge in [0.05, 0.1) is 5.97 Å². The van der Waals surface area contributed by atoms with E-state index >= 15 is 0 Å². The molecule has 0 unspecified atom stereocenters. The Labute approximate surface area is 81.1 Å². The topological polar surface area (TPSA) is 53.0 Å². The van der Waals surface area contributed by atoms with Crippen LogP contribution in [-0.4, -0.2) is 11.0 Å². The number of rotatable bonds is 1. The lowest BCUT2D eigenvalue weighted by atomic mass is 10.2. The molecule has 14 heavy (non-hydrogen) atoms. The van der Waals surface area contributed by atoms with Gasteiger partial charge >= 0.3 is 6.18 Å². The Hall–Kier alpha value is -1.30. The molecule has 3 nitrogen and oxygen atoms in total. The van der Waals surface area contributed by atoms with E-state index in [9.17, 15) is 23.1 Å². The molecule has 0 aliphatic rings. The summed E-state index contributed by atoms with van der Waals surface area (Å²) in [5.74, 6) is -1.67. The van der Waals surface area contributed by atoms with Crippen LogP contribution in [0.3, 0.4) is 0 Å². The molecule has 7 heteroatoms. The number of hydrogen-bond acceptors (Lipinski definition) is 3. The van der Waals surface area contributed by atoms with Crippen molar-refractivity contribution >= 4 is 17.6 Å². The molecule has 0 aliphatic carbocycles. The SMILES string of the molecule is O=C([O-])c1ccc(C(F)(F)F)nc1Cl. The summed E-state index contributed by atoms with van der Waals surface area (Å²) in [7, 11) is 0. The summed E-state index contributed by atoms with van der Waals surface area (Å²) in [6.07, 6.45) is -4.64. The number of carboxylic acids is 1. The summed E-state index contributed by atoms with van der Waals surface area (Å²) < 4.78 is 36.0. The average Bonchev–Trinajstić information content (AvgIpc) is 2.01. The van der Waals surface area contributed by atoms with Crippen molar-refractivity contribution in [3.05, 3.63) is 28.5 Å². The molecule has 0 saturated heterocycles. The molecule has 76 valence electrons. The highest BCUT2D eigenvalue weighted by Crippen LogP contribution is 2.29. The summed E-state index contributed by atoms with van der Waals surface area (Å²) in [4.78, 5) is 13.2. The summed E-state index contributed by atoms with van der Waals surface area (Å²) in [6.45, 7) is 0. The second-order valence-corrected chi connectivity index (χ2v) is 2.68. The first-order valence-corrected chi connectivity index (χ1v) is 3.65. The van der Waals surface area contributed by atoms with Crippen LogP contribution in [0.1, 0.15) is 16.1 Å². The predicted molar refractivity (Wildman–Crippen MR) is 38.6 cm³/mol. The van der Waals surface area contributed by atoms with Gasteiger partial charge in [-0.2, -0.15) is 13.2 Å². The van der Waals surface area contributed by atoms with Crippen molar-refractivity contribution in [3.63, 3.8) is 0 Å². The van der Waals surface area contributed by atoms with Crippen molar-refractivity contribution in [2.45, 2.75) is 6.18 Å². The molecule has 0 aliphatic heterocycles.